The first-order valence-electron chi connectivity index (χ1n) is 5.41. The predicted molar refractivity (Wildman–Crippen MR) is 74.1 cm³/mol. The molecule has 0 heterocycles. The number of nitriles is 1. The first-order chi connectivity index (χ1) is 8.51. The second-order valence-corrected chi connectivity index (χ2v) is 4.90. The van der Waals surface area contributed by atoms with Crippen LogP contribution in [-0.2, 0) is 0 Å². The van der Waals surface area contributed by atoms with Gasteiger partial charge in [-0.05, 0) is 25.3 Å². The SMILES string of the molecule is CSCC(C)N(C)c1ccc(C#N)c([N+](=O)[O-])c1. The van der Waals surface area contributed by atoms with Crippen LogP contribution in [0.25, 0.3) is 0 Å². The number of hydrogen-bond acceptors (Lipinski definition) is 5. The molecule has 0 saturated carbocycles. The van der Waals surface area contributed by atoms with Crippen molar-refractivity contribution < 1.29 is 4.92 Å². The van der Waals surface area contributed by atoms with Crippen LogP contribution in [0.1, 0.15) is 12.5 Å². The van der Waals surface area contributed by atoms with Gasteiger partial charge in [-0.3, -0.25) is 10.1 Å². The van der Waals surface area contributed by atoms with Gasteiger partial charge in [0.1, 0.15) is 11.6 Å². The normalized spacial score (nSPS) is 11.7. The minimum atomic E-state index is -0.519. The van der Waals surface area contributed by atoms with Gasteiger partial charge in [-0.1, -0.05) is 0 Å². The molecule has 18 heavy (non-hydrogen) atoms. The van der Waals surface area contributed by atoms with Crippen molar-refractivity contribution >= 4 is 23.1 Å². The van der Waals surface area contributed by atoms with Crippen LogP contribution in [0.3, 0.4) is 0 Å². The van der Waals surface area contributed by atoms with Gasteiger partial charge in [0, 0.05) is 30.6 Å². The van der Waals surface area contributed by atoms with Gasteiger partial charge in [-0.2, -0.15) is 17.0 Å². The highest BCUT2D eigenvalue weighted by Gasteiger charge is 2.17. The van der Waals surface area contributed by atoms with Crippen LogP contribution in [0.5, 0.6) is 0 Å². The molecule has 6 heteroatoms. The third kappa shape index (κ3) is 3.14. The van der Waals surface area contributed by atoms with Gasteiger partial charge in [0.2, 0.25) is 0 Å². The molecule has 0 radical (unpaired) electrons. The Bertz CT molecular complexity index is 485. The summed E-state index contributed by atoms with van der Waals surface area (Å²) < 4.78 is 0. The van der Waals surface area contributed by atoms with Crippen LogP contribution < -0.4 is 4.90 Å². The Labute approximate surface area is 111 Å². The molecule has 0 bridgehead atoms. The van der Waals surface area contributed by atoms with E-state index in [1.165, 1.54) is 12.1 Å². The van der Waals surface area contributed by atoms with Gasteiger partial charge in [-0.15, -0.1) is 0 Å². The molecule has 1 atom stereocenters. The van der Waals surface area contributed by atoms with Crippen LogP contribution in [0.4, 0.5) is 11.4 Å². The summed E-state index contributed by atoms with van der Waals surface area (Å²) in [6, 6.07) is 6.79. The van der Waals surface area contributed by atoms with Crippen molar-refractivity contribution in [2.45, 2.75) is 13.0 Å². The van der Waals surface area contributed by atoms with E-state index in [1.807, 2.05) is 24.3 Å². The Morgan fingerprint density at radius 3 is 2.78 bits per heavy atom. The molecule has 0 N–H and O–H groups in total. The average molecular weight is 265 g/mol. The number of benzene rings is 1. The summed E-state index contributed by atoms with van der Waals surface area (Å²) in [5.74, 6) is 0.935. The highest BCUT2D eigenvalue weighted by atomic mass is 32.2. The van der Waals surface area contributed by atoms with E-state index >= 15 is 0 Å². The predicted octanol–water partition coefficient (Wildman–Crippen LogP) is 2.65. The van der Waals surface area contributed by atoms with Gasteiger partial charge in [-0.25, -0.2) is 0 Å². The van der Waals surface area contributed by atoms with Crippen molar-refractivity contribution in [3.63, 3.8) is 0 Å². The maximum absolute atomic E-state index is 10.9. The first kappa shape index (κ1) is 14.3. The molecule has 0 saturated heterocycles. The Morgan fingerprint density at radius 1 is 1.61 bits per heavy atom. The summed E-state index contributed by atoms with van der Waals surface area (Å²) in [7, 11) is 1.89. The van der Waals surface area contributed by atoms with Crippen molar-refractivity contribution in [3.05, 3.63) is 33.9 Å². The molecule has 0 aromatic heterocycles. The minimum Gasteiger partial charge on any atom is -0.371 e. The van der Waals surface area contributed by atoms with Gasteiger partial charge in [0.05, 0.1) is 4.92 Å². The largest absolute Gasteiger partial charge is 0.371 e. The first-order valence-corrected chi connectivity index (χ1v) is 6.81. The van der Waals surface area contributed by atoms with E-state index in [4.69, 9.17) is 5.26 Å². The quantitative estimate of drug-likeness (QED) is 0.604. The lowest BCUT2D eigenvalue weighted by atomic mass is 10.1. The van der Waals surface area contributed by atoms with Gasteiger partial charge in [0.25, 0.3) is 5.69 Å². The smallest absolute Gasteiger partial charge is 0.289 e. The zero-order valence-corrected chi connectivity index (χ0v) is 11.4. The van der Waals surface area contributed by atoms with Crippen LogP contribution in [0.2, 0.25) is 0 Å². The molecule has 0 fully saturated rings. The third-order valence-corrected chi connectivity index (χ3v) is 3.59. The van der Waals surface area contributed by atoms with E-state index in [0.717, 1.165) is 11.4 Å². The summed E-state index contributed by atoms with van der Waals surface area (Å²) in [4.78, 5) is 12.3. The lowest BCUT2D eigenvalue weighted by Gasteiger charge is -2.26. The lowest BCUT2D eigenvalue weighted by molar-refractivity contribution is -0.385. The number of anilines is 1. The van der Waals surface area contributed by atoms with Crippen molar-refractivity contribution in [2.24, 2.45) is 0 Å². The number of nitro benzene ring substituents is 1. The van der Waals surface area contributed by atoms with E-state index in [2.05, 4.69) is 6.92 Å². The topological polar surface area (TPSA) is 70.2 Å². The van der Waals surface area contributed by atoms with Crippen molar-refractivity contribution in [1.82, 2.24) is 0 Å². The molecule has 96 valence electrons. The van der Waals surface area contributed by atoms with Gasteiger partial charge >= 0.3 is 0 Å². The molecule has 0 aliphatic rings. The second-order valence-electron chi connectivity index (χ2n) is 3.99. The van der Waals surface area contributed by atoms with E-state index in [9.17, 15) is 10.1 Å². The molecule has 0 aliphatic heterocycles. The Kier molecular flexibility index (Phi) is 4.98. The molecule has 5 nitrogen and oxygen atoms in total. The van der Waals surface area contributed by atoms with Crippen molar-refractivity contribution in [3.8, 4) is 6.07 Å². The second kappa shape index (κ2) is 6.26. The number of nitro groups is 1. The fraction of sp³-hybridized carbons (Fsp3) is 0.417. The minimum absolute atomic E-state index is 0.0923. The van der Waals surface area contributed by atoms with Crippen LogP contribution in [-0.4, -0.2) is 30.0 Å². The van der Waals surface area contributed by atoms with E-state index < -0.39 is 4.92 Å². The summed E-state index contributed by atoms with van der Waals surface area (Å²) in [5.41, 5.74) is 0.704. The Morgan fingerprint density at radius 2 is 2.28 bits per heavy atom. The molecule has 0 aliphatic carbocycles. The zero-order chi connectivity index (χ0) is 13.7. The molecule has 0 amide bonds. The molecular formula is C12H15N3O2S. The molecule has 1 rings (SSSR count). The summed E-state index contributed by atoms with van der Waals surface area (Å²) in [6.45, 7) is 2.06. The summed E-state index contributed by atoms with van der Waals surface area (Å²) in [6.07, 6.45) is 2.02. The van der Waals surface area contributed by atoms with E-state index in [1.54, 1.807) is 17.8 Å². The standard InChI is InChI=1S/C12H15N3O2S/c1-9(8-18-3)14(2)11-5-4-10(7-13)12(6-11)15(16)17/h4-6,9H,8H2,1-3H3. The maximum Gasteiger partial charge on any atom is 0.289 e. The van der Waals surface area contributed by atoms with Crippen LogP contribution in [0, 0.1) is 21.4 Å². The number of nitrogens with zero attached hydrogens (tertiary/aromatic N) is 3. The molecule has 1 aromatic rings. The monoisotopic (exact) mass is 265 g/mol. The highest BCUT2D eigenvalue weighted by Crippen LogP contribution is 2.26. The van der Waals surface area contributed by atoms with E-state index in [-0.39, 0.29) is 17.3 Å². The molecule has 1 aromatic carbocycles. The third-order valence-electron chi connectivity index (χ3n) is 2.77. The summed E-state index contributed by atoms with van der Waals surface area (Å²) in [5, 5.41) is 19.7. The number of rotatable bonds is 5. The average Bonchev–Trinajstić information content (AvgIpc) is 2.37. The van der Waals surface area contributed by atoms with E-state index in [0.29, 0.717) is 0 Å². The number of thioether (sulfide) groups is 1. The fourth-order valence-corrected chi connectivity index (χ4v) is 2.30. The lowest BCUT2D eigenvalue weighted by Crippen LogP contribution is -2.30. The Balaban J connectivity index is 3.09. The Hall–Kier alpha value is -1.74. The van der Waals surface area contributed by atoms with Crippen molar-refractivity contribution in [2.75, 3.05) is 24.0 Å². The fourth-order valence-electron chi connectivity index (χ4n) is 1.59. The van der Waals surface area contributed by atoms with Crippen LogP contribution in [0.15, 0.2) is 18.2 Å². The zero-order valence-electron chi connectivity index (χ0n) is 10.6. The highest BCUT2D eigenvalue weighted by molar-refractivity contribution is 7.98. The molecular weight excluding hydrogens is 250 g/mol. The number of hydrogen-bond donors (Lipinski definition) is 0. The molecule has 0 spiro atoms. The van der Waals surface area contributed by atoms with Gasteiger partial charge in [0.15, 0.2) is 0 Å². The van der Waals surface area contributed by atoms with Gasteiger partial charge < -0.3 is 4.90 Å². The summed E-state index contributed by atoms with van der Waals surface area (Å²) >= 11 is 1.72. The maximum atomic E-state index is 10.9. The molecule has 1 unspecified atom stereocenters. The van der Waals surface area contributed by atoms with Crippen molar-refractivity contribution in [1.29, 1.82) is 5.26 Å². The van der Waals surface area contributed by atoms with Crippen LogP contribution >= 0.6 is 11.8 Å².